The molecule has 1 amide bonds. The van der Waals surface area contributed by atoms with Crippen LogP contribution in [0.5, 0.6) is 0 Å². The van der Waals surface area contributed by atoms with Gasteiger partial charge in [0.25, 0.3) is 5.91 Å². The van der Waals surface area contributed by atoms with Crippen LogP contribution < -0.4 is 4.90 Å². The Labute approximate surface area is 143 Å². The number of rotatable bonds is 5. The third-order valence-electron chi connectivity index (χ3n) is 3.57. The lowest BCUT2D eigenvalue weighted by Crippen LogP contribution is -2.30. The molecule has 0 aliphatic rings. The molecule has 126 valence electrons. The number of para-hydroxylation sites is 2. The molecule has 0 bridgehead atoms. The van der Waals surface area contributed by atoms with E-state index in [0.29, 0.717) is 17.2 Å². The van der Waals surface area contributed by atoms with Crippen molar-refractivity contribution >= 4 is 23.2 Å². The molecule has 0 spiro atoms. The van der Waals surface area contributed by atoms with Crippen molar-refractivity contribution in [2.45, 2.75) is 13.5 Å². The highest BCUT2D eigenvalue weighted by Gasteiger charge is 2.24. The van der Waals surface area contributed by atoms with E-state index >= 15 is 0 Å². The molecule has 1 aromatic heterocycles. The first-order valence-corrected chi connectivity index (χ1v) is 7.55. The lowest BCUT2D eigenvalue weighted by atomic mass is 10.2. The molecule has 0 fully saturated rings. The number of hydrogen-bond donors (Lipinski definition) is 0. The van der Waals surface area contributed by atoms with Crippen LogP contribution in [0.25, 0.3) is 0 Å². The standard InChI is InChI=1S/C17H15N5O3/c1-13-18-17(22(24)25)19-20(13)12-16(23)21(14-8-4-2-5-9-14)15-10-6-3-7-11-15/h2-11H,12H2,1H3. The molecule has 0 unspecified atom stereocenters. The van der Waals surface area contributed by atoms with Crippen LogP contribution in [-0.2, 0) is 11.3 Å². The van der Waals surface area contributed by atoms with Crippen molar-refractivity contribution in [1.82, 2.24) is 14.8 Å². The van der Waals surface area contributed by atoms with Gasteiger partial charge in [0.1, 0.15) is 6.54 Å². The van der Waals surface area contributed by atoms with E-state index < -0.39 is 10.9 Å². The van der Waals surface area contributed by atoms with Crippen molar-refractivity contribution in [2.24, 2.45) is 0 Å². The molecule has 0 saturated heterocycles. The summed E-state index contributed by atoms with van der Waals surface area (Å²) in [4.78, 5) is 28.3. The molecule has 8 nitrogen and oxygen atoms in total. The van der Waals surface area contributed by atoms with Crippen LogP contribution >= 0.6 is 0 Å². The molecule has 1 heterocycles. The van der Waals surface area contributed by atoms with E-state index in [1.54, 1.807) is 11.8 Å². The van der Waals surface area contributed by atoms with Crippen molar-refractivity contribution in [2.75, 3.05) is 4.90 Å². The van der Waals surface area contributed by atoms with E-state index in [1.807, 2.05) is 60.7 Å². The molecular formula is C17H15N5O3. The van der Waals surface area contributed by atoms with E-state index in [9.17, 15) is 14.9 Å². The SMILES string of the molecule is Cc1nc([N+](=O)[O-])nn1CC(=O)N(c1ccccc1)c1ccccc1. The lowest BCUT2D eigenvalue weighted by molar-refractivity contribution is -0.394. The Morgan fingerprint density at radius 2 is 1.60 bits per heavy atom. The van der Waals surface area contributed by atoms with Crippen molar-refractivity contribution in [1.29, 1.82) is 0 Å². The van der Waals surface area contributed by atoms with Gasteiger partial charge in [-0.25, -0.2) is 0 Å². The second-order valence-corrected chi connectivity index (χ2v) is 5.27. The zero-order chi connectivity index (χ0) is 17.8. The first-order chi connectivity index (χ1) is 12.1. The zero-order valence-corrected chi connectivity index (χ0v) is 13.4. The highest BCUT2D eigenvalue weighted by atomic mass is 16.6. The van der Waals surface area contributed by atoms with Crippen LogP contribution in [0.2, 0.25) is 0 Å². The number of carbonyl (C=O) groups is 1. The predicted molar refractivity (Wildman–Crippen MR) is 91.4 cm³/mol. The van der Waals surface area contributed by atoms with Gasteiger partial charge in [-0.15, -0.1) is 0 Å². The van der Waals surface area contributed by atoms with Gasteiger partial charge in [-0.1, -0.05) is 36.4 Å². The number of benzene rings is 2. The highest BCUT2D eigenvalue weighted by molar-refractivity contribution is 6.00. The number of aryl methyl sites for hydroxylation is 1. The van der Waals surface area contributed by atoms with E-state index in [4.69, 9.17) is 0 Å². The number of amides is 1. The molecule has 0 N–H and O–H groups in total. The first kappa shape index (κ1) is 16.3. The third kappa shape index (κ3) is 3.52. The summed E-state index contributed by atoms with van der Waals surface area (Å²) in [7, 11) is 0. The largest absolute Gasteiger partial charge is 0.491 e. The van der Waals surface area contributed by atoms with Crippen molar-refractivity contribution in [3.63, 3.8) is 0 Å². The second-order valence-electron chi connectivity index (χ2n) is 5.27. The van der Waals surface area contributed by atoms with Gasteiger partial charge in [-0.2, -0.15) is 4.68 Å². The predicted octanol–water partition coefficient (Wildman–Crippen LogP) is 2.86. The molecule has 0 saturated carbocycles. The fourth-order valence-electron chi connectivity index (χ4n) is 2.42. The monoisotopic (exact) mass is 337 g/mol. The number of carbonyl (C=O) groups excluding carboxylic acids is 1. The Kier molecular flexibility index (Phi) is 4.51. The van der Waals surface area contributed by atoms with Crippen LogP contribution in [0, 0.1) is 17.0 Å². The summed E-state index contributed by atoms with van der Waals surface area (Å²) in [6.07, 6.45) is 0. The number of nitro groups is 1. The number of nitrogens with zero attached hydrogens (tertiary/aromatic N) is 5. The van der Waals surface area contributed by atoms with Gasteiger partial charge < -0.3 is 10.1 Å². The summed E-state index contributed by atoms with van der Waals surface area (Å²) in [6.45, 7) is 1.42. The molecule has 0 radical (unpaired) electrons. The van der Waals surface area contributed by atoms with Crippen LogP contribution in [-0.4, -0.2) is 25.6 Å². The topological polar surface area (TPSA) is 94.2 Å². The molecule has 0 aliphatic heterocycles. The van der Waals surface area contributed by atoms with Crippen molar-refractivity contribution in [3.05, 3.63) is 76.6 Å². The third-order valence-corrected chi connectivity index (χ3v) is 3.57. The molecule has 2 aromatic carbocycles. The van der Waals surface area contributed by atoms with Crippen molar-refractivity contribution in [3.8, 4) is 0 Å². The minimum absolute atomic E-state index is 0.156. The maximum absolute atomic E-state index is 12.9. The highest BCUT2D eigenvalue weighted by Crippen LogP contribution is 2.25. The molecule has 0 atom stereocenters. The van der Waals surface area contributed by atoms with E-state index in [-0.39, 0.29) is 12.5 Å². The first-order valence-electron chi connectivity index (χ1n) is 7.55. The molecule has 0 aliphatic carbocycles. The Morgan fingerprint density at radius 1 is 1.08 bits per heavy atom. The minimum Gasteiger partial charge on any atom is -0.390 e. The van der Waals surface area contributed by atoms with Gasteiger partial charge in [0.2, 0.25) is 5.82 Å². The summed E-state index contributed by atoms with van der Waals surface area (Å²) < 4.78 is 1.24. The van der Waals surface area contributed by atoms with Crippen LogP contribution in [0.15, 0.2) is 60.7 Å². The molecular weight excluding hydrogens is 322 g/mol. The summed E-state index contributed by atoms with van der Waals surface area (Å²) in [5.74, 6) is -0.488. The summed E-state index contributed by atoms with van der Waals surface area (Å²) in [5.41, 5.74) is 1.40. The Morgan fingerprint density at radius 3 is 2.04 bits per heavy atom. The van der Waals surface area contributed by atoms with Gasteiger partial charge in [-0.05, 0) is 34.2 Å². The quantitative estimate of drug-likeness (QED) is 0.527. The Bertz CT molecular complexity index is 854. The van der Waals surface area contributed by atoms with E-state index in [0.717, 1.165) is 0 Å². The maximum atomic E-state index is 12.9. The normalized spacial score (nSPS) is 10.4. The Hall–Kier alpha value is -3.55. The Balaban J connectivity index is 1.94. The van der Waals surface area contributed by atoms with Gasteiger partial charge in [0, 0.05) is 23.4 Å². The fourth-order valence-corrected chi connectivity index (χ4v) is 2.42. The van der Waals surface area contributed by atoms with Gasteiger partial charge in [0.05, 0.1) is 0 Å². The van der Waals surface area contributed by atoms with Gasteiger partial charge in [-0.3, -0.25) is 9.69 Å². The minimum atomic E-state index is -0.680. The fraction of sp³-hybridized carbons (Fsp3) is 0.118. The van der Waals surface area contributed by atoms with Crippen LogP contribution in [0.3, 0.4) is 0 Å². The number of anilines is 2. The molecule has 3 aromatic rings. The average molecular weight is 337 g/mol. The van der Waals surface area contributed by atoms with Crippen molar-refractivity contribution < 1.29 is 9.72 Å². The molecule has 3 rings (SSSR count). The van der Waals surface area contributed by atoms with Gasteiger partial charge >= 0.3 is 5.95 Å². The zero-order valence-electron chi connectivity index (χ0n) is 13.4. The number of hydrogen-bond acceptors (Lipinski definition) is 5. The maximum Gasteiger partial charge on any atom is 0.491 e. The summed E-state index contributed by atoms with van der Waals surface area (Å²) in [6, 6.07) is 18.4. The van der Waals surface area contributed by atoms with Crippen LogP contribution in [0.1, 0.15) is 5.82 Å². The summed E-state index contributed by atoms with van der Waals surface area (Å²) in [5, 5.41) is 14.6. The van der Waals surface area contributed by atoms with Gasteiger partial charge in [0.15, 0.2) is 0 Å². The van der Waals surface area contributed by atoms with Crippen LogP contribution in [0.4, 0.5) is 17.3 Å². The average Bonchev–Trinajstić information content (AvgIpc) is 2.98. The van der Waals surface area contributed by atoms with E-state index in [2.05, 4.69) is 10.1 Å². The summed E-state index contributed by atoms with van der Waals surface area (Å²) >= 11 is 0. The second kappa shape index (κ2) is 6.91. The number of aromatic nitrogens is 3. The molecule has 25 heavy (non-hydrogen) atoms. The van der Waals surface area contributed by atoms with E-state index in [1.165, 1.54) is 4.68 Å². The lowest BCUT2D eigenvalue weighted by Gasteiger charge is -2.22. The smallest absolute Gasteiger partial charge is 0.390 e. The molecule has 8 heteroatoms.